The third-order valence-corrected chi connectivity index (χ3v) is 1.60. The van der Waals surface area contributed by atoms with E-state index in [0.717, 1.165) is 0 Å². The van der Waals surface area contributed by atoms with Crippen molar-refractivity contribution in [3.05, 3.63) is 28.7 Å². The Labute approximate surface area is 72.8 Å². The Kier molecular flexibility index (Phi) is 1.67. The lowest BCUT2D eigenvalue weighted by molar-refractivity contribution is 1.11. The van der Waals surface area contributed by atoms with Gasteiger partial charge in [0.15, 0.2) is 5.52 Å². The number of aromatic amines is 1. The molecule has 0 amide bonds. The summed E-state index contributed by atoms with van der Waals surface area (Å²) in [5.74, 6) is 5.33. The SMILES string of the molecule is NNc1nc2cccnc2c(=O)[nH]1. The second-order valence-corrected chi connectivity index (χ2v) is 2.43. The topological polar surface area (TPSA) is 96.7 Å². The molecule has 66 valence electrons. The molecule has 4 N–H and O–H groups in total. The van der Waals surface area contributed by atoms with Gasteiger partial charge in [0.2, 0.25) is 5.95 Å². The molecular weight excluding hydrogens is 170 g/mol. The minimum atomic E-state index is -0.307. The largest absolute Gasteiger partial charge is 0.294 e. The molecule has 2 aromatic heterocycles. The Bertz CT molecular complexity index is 491. The number of hydrogen-bond acceptors (Lipinski definition) is 5. The van der Waals surface area contributed by atoms with E-state index in [1.165, 1.54) is 6.20 Å². The molecule has 0 unspecified atom stereocenters. The van der Waals surface area contributed by atoms with Crippen molar-refractivity contribution in [3.8, 4) is 0 Å². The van der Waals surface area contributed by atoms with Crippen LogP contribution in [0, 0.1) is 0 Å². The van der Waals surface area contributed by atoms with Crippen molar-refractivity contribution < 1.29 is 0 Å². The zero-order valence-corrected chi connectivity index (χ0v) is 6.61. The number of anilines is 1. The second kappa shape index (κ2) is 2.83. The minimum absolute atomic E-state index is 0.227. The molecule has 6 heteroatoms. The van der Waals surface area contributed by atoms with Gasteiger partial charge in [-0.1, -0.05) is 0 Å². The molecular formula is C7H7N5O. The number of nitrogens with two attached hydrogens (primary N) is 1. The van der Waals surface area contributed by atoms with Crippen molar-refractivity contribution in [1.82, 2.24) is 15.0 Å². The monoisotopic (exact) mass is 177 g/mol. The Morgan fingerprint density at radius 2 is 2.38 bits per heavy atom. The van der Waals surface area contributed by atoms with E-state index < -0.39 is 0 Å². The number of nitrogen functional groups attached to an aromatic ring is 1. The predicted octanol–water partition coefficient (Wildman–Crippen LogP) is -0.396. The summed E-state index contributed by atoms with van der Waals surface area (Å²) in [6.07, 6.45) is 1.54. The highest BCUT2D eigenvalue weighted by Gasteiger charge is 2.01. The molecule has 0 bridgehead atoms. The molecule has 0 fully saturated rings. The van der Waals surface area contributed by atoms with Gasteiger partial charge in [-0.15, -0.1) is 0 Å². The lowest BCUT2D eigenvalue weighted by atomic mass is 10.4. The summed E-state index contributed by atoms with van der Waals surface area (Å²) in [6, 6.07) is 3.40. The fourth-order valence-corrected chi connectivity index (χ4v) is 1.05. The average molecular weight is 177 g/mol. The van der Waals surface area contributed by atoms with E-state index >= 15 is 0 Å². The number of hydrogen-bond donors (Lipinski definition) is 3. The minimum Gasteiger partial charge on any atom is -0.294 e. The van der Waals surface area contributed by atoms with E-state index in [1.807, 2.05) is 0 Å². The van der Waals surface area contributed by atoms with E-state index in [2.05, 4.69) is 20.4 Å². The number of pyridine rings is 1. The number of rotatable bonds is 1. The summed E-state index contributed by atoms with van der Waals surface area (Å²) < 4.78 is 0. The van der Waals surface area contributed by atoms with Crippen LogP contribution in [0.5, 0.6) is 0 Å². The van der Waals surface area contributed by atoms with Crippen LogP contribution in [0.1, 0.15) is 0 Å². The number of nitrogens with one attached hydrogen (secondary N) is 2. The number of H-pyrrole nitrogens is 1. The van der Waals surface area contributed by atoms with E-state index in [-0.39, 0.29) is 11.5 Å². The quantitative estimate of drug-likeness (QED) is 0.407. The summed E-state index contributed by atoms with van der Waals surface area (Å²) in [7, 11) is 0. The summed E-state index contributed by atoms with van der Waals surface area (Å²) in [4.78, 5) is 21.6. The van der Waals surface area contributed by atoms with Gasteiger partial charge in [0.05, 0.1) is 5.52 Å². The second-order valence-electron chi connectivity index (χ2n) is 2.43. The molecule has 0 saturated carbocycles. The van der Waals surface area contributed by atoms with Gasteiger partial charge in [-0.3, -0.25) is 15.2 Å². The summed E-state index contributed by atoms with van der Waals surface area (Å²) in [5.41, 5.74) is 2.78. The van der Waals surface area contributed by atoms with E-state index in [4.69, 9.17) is 5.84 Å². The zero-order chi connectivity index (χ0) is 9.26. The summed E-state index contributed by atoms with van der Waals surface area (Å²) in [6.45, 7) is 0. The maximum atomic E-state index is 11.3. The van der Waals surface area contributed by atoms with Crippen molar-refractivity contribution in [3.63, 3.8) is 0 Å². The molecule has 0 saturated heterocycles. The molecule has 0 aliphatic heterocycles. The first-order chi connectivity index (χ1) is 6.31. The van der Waals surface area contributed by atoms with Crippen LogP contribution in [0.2, 0.25) is 0 Å². The number of nitrogens with zero attached hydrogens (tertiary/aromatic N) is 2. The maximum Gasteiger partial charge on any atom is 0.278 e. The smallest absolute Gasteiger partial charge is 0.278 e. The van der Waals surface area contributed by atoms with Crippen LogP contribution in [0.3, 0.4) is 0 Å². The molecule has 0 aliphatic carbocycles. The molecule has 6 nitrogen and oxygen atoms in total. The highest BCUT2D eigenvalue weighted by molar-refractivity contribution is 5.73. The van der Waals surface area contributed by atoms with E-state index in [1.54, 1.807) is 12.1 Å². The lowest BCUT2D eigenvalue weighted by Crippen LogP contribution is -2.17. The highest BCUT2D eigenvalue weighted by atomic mass is 16.1. The fourth-order valence-electron chi connectivity index (χ4n) is 1.05. The first-order valence-electron chi connectivity index (χ1n) is 3.63. The fraction of sp³-hybridized carbons (Fsp3) is 0. The molecule has 0 radical (unpaired) electrons. The van der Waals surface area contributed by atoms with Gasteiger partial charge in [0.1, 0.15) is 0 Å². The molecule has 2 rings (SSSR count). The summed E-state index contributed by atoms with van der Waals surface area (Å²) in [5, 5.41) is 0. The van der Waals surface area contributed by atoms with Gasteiger partial charge >= 0.3 is 0 Å². The van der Waals surface area contributed by atoms with Crippen LogP contribution in [0.25, 0.3) is 11.0 Å². The lowest BCUT2D eigenvalue weighted by Gasteiger charge is -1.99. The third kappa shape index (κ3) is 1.23. The van der Waals surface area contributed by atoms with Crippen LogP contribution in [-0.2, 0) is 0 Å². The maximum absolute atomic E-state index is 11.3. The molecule has 0 aromatic carbocycles. The average Bonchev–Trinajstić information content (AvgIpc) is 2.18. The molecule has 0 atom stereocenters. The number of aromatic nitrogens is 3. The highest BCUT2D eigenvalue weighted by Crippen LogP contribution is 2.03. The van der Waals surface area contributed by atoms with Crippen molar-refractivity contribution in [2.45, 2.75) is 0 Å². The van der Waals surface area contributed by atoms with Crippen LogP contribution < -0.4 is 16.8 Å². The molecule has 0 spiro atoms. The number of fused-ring (bicyclic) bond motifs is 1. The molecule has 2 heterocycles. The first kappa shape index (κ1) is 7.69. The third-order valence-electron chi connectivity index (χ3n) is 1.60. The van der Waals surface area contributed by atoms with E-state index in [9.17, 15) is 4.79 Å². The van der Waals surface area contributed by atoms with Gasteiger partial charge in [-0.25, -0.2) is 15.8 Å². The molecule has 2 aromatic rings. The van der Waals surface area contributed by atoms with Gasteiger partial charge in [-0.05, 0) is 12.1 Å². The molecule has 0 aliphatic rings. The van der Waals surface area contributed by atoms with Gasteiger partial charge in [-0.2, -0.15) is 0 Å². The van der Waals surface area contributed by atoms with Crippen molar-refractivity contribution >= 4 is 17.0 Å². The summed E-state index contributed by atoms with van der Waals surface area (Å²) >= 11 is 0. The van der Waals surface area contributed by atoms with Crippen LogP contribution in [0.15, 0.2) is 23.1 Å². The van der Waals surface area contributed by atoms with Gasteiger partial charge < -0.3 is 0 Å². The normalized spacial score (nSPS) is 10.2. The first-order valence-corrected chi connectivity index (χ1v) is 3.63. The number of hydrazine groups is 1. The Morgan fingerprint density at radius 1 is 1.54 bits per heavy atom. The van der Waals surface area contributed by atoms with Gasteiger partial charge in [0.25, 0.3) is 5.56 Å². The van der Waals surface area contributed by atoms with Crippen molar-refractivity contribution in [2.24, 2.45) is 5.84 Å². The van der Waals surface area contributed by atoms with Gasteiger partial charge in [0, 0.05) is 6.20 Å². The Balaban J connectivity index is 2.85. The van der Waals surface area contributed by atoms with E-state index in [0.29, 0.717) is 11.0 Å². The van der Waals surface area contributed by atoms with Crippen LogP contribution in [-0.4, -0.2) is 15.0 Å². The van der Waals surface area contributed by atoms with Crippen molar-refractivity contribution in [2.75, 3.05) is 5.43 Å². The Hall–Kier alpha value is -1.95. The standard InChI is InChI=1S/C7H7N5O/c8-12-7-10-4-2-1-3-9-5(4)6(13)11-7/h1-3H,8H2,(H2,10,11,12,13). The molecule has 13 heavy (non-hydrogen) atoms. The van der Waals surface area contributed by atoms with Crippen LogP contribution >= 0.6 is 0 Å². The Morgan fingerprint density at radius 3 is 3.15 bits per heavy atom. The zero-order valence-electron chi connectivity index (χ0n) is 6.61. The van der Waals surface area contributed by atoms with Crippen LogP contribution in [0.4, 0.5) is 5.95 Å². The van der Waals surface area contributed by atoms with Crippen molar-refractivity contribution in [1.29, 1.82) is 0 Å². The predicted molar refractivity (Wildman–Crippen MR) is 48.0 cm³/mol.